The Bertz CT molecular complexity index is 685. The molecule has 0 fully saturated rings. The van der Waals surface area contributed by atoms with Crippen molar-refractivity contribution < 1.29 is 27.2 Å². The summed E-state index contributed by atoms with van der Waals surface area (Å²) < 4.78 is 53.3. The monoisotopic (exact) mass is 301 g/mol. The first-order valence-corrected chi connectivity index (χ1v) is 5.56. The predicted molar refractivity (Wildman–Crippen MR) is 65.2 cm³/mol. The highest BCUT2D eigenvalue weighted by molar-refractivity contribution is 5.74. The van der Waals surface area contributed by atoms with E-state index in [9.17, 15) is 27.7 Å². The van der Waals surface area contributed by atoms with Gasteiger partial charge in [-0.1, -0.05) is 12.1 Å². The third kappa shape index (κ3) is 3.68. The van der Waals surface area contributed by atoms with Crippen molar-refractivity contribution in [3.05, 3.63) is 58.4 Å². The number of ether oxygens (including phenoxy) is 1. The van der Waals surface area contributed by atoms with Gasteiger partial charge in [0.1, 0.15) is 11.6 Å². The maximum Gasteiger partial charge on any atom is 0.573 e. The normalized spacial score (nSPS) is 11.2. The minimum absolute atomic E-state index is 0.00553. The maximum atomic E-state index is 13.0. The minimum atomic E-state index is -4.87. The molecule has 0 unspecified atom stereocenters. The van der Waals surface area contributed by atoms with Gasteiger partial charge in [-0.15, -0.1) is 13.2 Å². The van der Waals surface area contributed by atoms with Gasteiger partial charge in [-0.25, -0.2) is 4.39 Å². The zero-order valence-corrected chi connectivity index (χ0v) is 10.2. The molecule has 110 valence electrons. The molecule has 0 atom stereocenters. The number of hydrogen-bond donors (Lipinski definition) is 0. The van der Waals surface area contributed by atoms with Gasteiger partial charge in [-0.05, 0) is 29.8 Å². The molecule has 2 rings (SSSR count). The van der Waals surface area contributed by atoms with Crippen molar-refractivity contribution >= 4 is 5.69 Å². The molecule has 8 heteroatoms. The summed E-state index contributed by atoms with van der Waals surface area (Å²) in [5, 5.41) is 10.9. The zero-order chi connectivity index (χ0) is 15.6. The summed E-state index contributed by atoms with van der Waals surface area (Å²) in [7, 11) is 0. The molecule has 2 aromatic carbocycles. The Labute approximate surface area is 115 Å². The van der Waals surface area contributed by atoms with Crippen LogP contribution in [0.2, 0.25) is 0 Å². The molecular weight excluding hydrogens is 294 g/mol. The molecule has 0 N–H and O–H groups in total. The van der Waals surface area contributed by atoms with Crippen molar-refractivity contribution in [1.29, 1.82) is 0 Å². The Morgan fingerprint density at radius 1 is 1.10 bits per heavy atom. The second-order valence-corrected chi connectivity index (χ2v) is 3.99. The highest BCUT2D eigenvalue weighted by Gasteiger charge is 2.31. The van der Waals surface area contributed by atoms with Gasteiger partial charge in [0, 0.05) is 0 Å². The zero-order valence-electron chi connectivity index (χ0n) is 10.2. The lowest BCUT2D eigenvalue weighted by Gasteiger charge is -2.10. The Morgan fingerprint density at radius 2 is 1.81 bits per heavy atom. The van der Waals surface area contributed by atoms with Gasteiger partial charge in [-0.3, -0.25) is 10.1 Å². The number of halogens is 4. The molecule has 0 spiro atoms. The first kappa shape index (κ1) is 14.8. The summed E-state index contributed by atoms with van der Waals surface area (Å²) in [5.74, 6) is -1.33. The third-order valence-electron chi connectivity index (χ3n) is 2.54. The van der Waals surface area contributed by atoms with Crippen LogP contribution in [-0.2, 0) is 0 Å². The number of rotatable bonds is 3. The maximum absolute atomic E-state index is 13.0. The fourth-order valence-electron chi connectivity index (χ4n) is 1.76. The smallest absolute Gasteiger partial charge is 0.406 e. The van der Waals surface area contributed by atoms with Crippen molar-refractivity contribution in [2.24, 2.45) is 0 Å². The molecule has 0 heterocycles. The molecule has 0 amide bonds. The van der Waals surface area contributed by atoms with E-state index in [1.165, 1.54) is 12.1 Å². The Kier molecular flexibility index (Phi) is 3.79. The molecule has 0 radical (unpaired) electrons. The van der Waals surface area contributed by atoms with Gasteiger partial charge in [0.2, 0.25) is 0 Å². The molecule has 0 aliphatic carbocycles. The minimum Gasteiger partial charge on any atom is -0.406 e. The van der Waals surface area contributed by atoms with Crippen molar-refractivity contribution in [3.8, 4) is 16.9 Å². The summed E-state index contributed by atoms with van der Waals surface area (Å²) in [4.78, 5) is 10.1. The molecule has 0 saturated carbocycles. The van der Waals surface area contributed by atoms with Gasteiger partial charge in [0.25, 0.3) is 5.69 Å². The number of benzene rings is 2. The van der Waals surface area contributed by atoms with Gasteiger partial charge in [0.05, 0.1) is 16.6 Å². The van der Waals surface area contributed by atoms with Gasteiger partial charge >= 0.3 is 6.36 Å². The van der Waals surface area contributed by atoms with Crippen molar-refractivity contribution in [3.63, 3.8) is 0 Å². The highest BCUT2D eigenvalue weighted by atomic mass is 19.4. The van der Waals surface area contributed by atoms with Crippen molar-refractivity contribution in [1.82, 2.24) is 0 Å². The summed E-state index contributed by atoms with van der Waals surface area (Å²) >= 11 is 0. The quantitative estimate of drug-likeness (QED) is 0.482. The lowest BCUT2D eigenvalue weighted by atomic mass is 10.0. The van der Waals surface area contributed by atoms with E-state index in [2.05, 4.69) is 4.74 Å². The van der Waals surface area contributed by atoms with Crippen LogP contribution in [0.3, 0.4) is 0 Å². The summed E-state index contributed by atoms with van der Waals surface area (Å²) in [6.07, 6.45) is -4.87. The standard InChI is InChI=1S/C13H7F4NO3/c14-9-4-5-11(12(7-9)18(19)20)8-2-1-3-10(6-8)21-13(15,16)17/h1-7H. The van der Waals surface area contributed by atoms with Crippen LogP contribution in [-0.4, -0.2) is 11.3 Å². The molecule has 0 aromatic heterocycles. The number of nitro benzene ring substituents is 1. The lowest BCUT2D eigenvalue weighted by molar-refractivity contribution is -0.384. The van der Waals surface area contributed by atoms with Crippen LogP contribution in [0.25, 0.3) is 11.1 Å². The van der Waals surface area contributed by atoms with Crippen LogP contribution < -0.4 is 4.74 Å². The Balaban J connectivity index is 2.48. The predicted octanol–water partition coefficient (Wildman–Crippen LogP) is 4.30. The topological polar surface area (TPSA) is 52.4 Å². The van der Waals surface area contributed by atoms with Crippen molar-refractivity contribution in [2.75, 3.05) is 0 Å². The van der Waals surface area contributed by atoms with E-state index in [1.54, 1.807) is 0 Å². The van der Waals surface area contributed by atoms with Crippen LogP contribution >= 0.6 is 0 Å². The average molecular weight is 301 g/mol. The molecular formula is C13H7F4NO3. The van der Waals surface area contributed by atoms with Crippen LogP contribution in [0.1, 0.15) is 0 Å². The largest absolute Gasteiger partial charge is 0.573 e. The molecule has 21 heavy (non-hydrogen) atoms. The number of alkyl halides is 3. The lowest BCUT2D eigenvalue weighted by Crippen LogP contribution is -2.17. The summed E-state index contributed by atoms with van der Waals surface area (Å²) in [6, 6.07) is 7.49. The van der Waals surface area contributed by atoms with Crippen LogP contribution in [0.4, 0.5) is 23.2 Å². The van der Waals surface area contributed by atoms with Gasteiger partial charge < -0.3 is 4.74 Å². The van der Waals surface area contributed by atoms with Gasteiger partial charge in [0.15, 0.2) is 0 Å². The Morgan fingerprint density at radius 3 is 2.43 bits per heavy atom. The molecule has 0 bridgehead atoms. The van der Waals surface area contributed by atoms with E-state index < -0.39 is 28.5 Å². The van der Waals surface area contributed by atoms with Gasteiger partial charge in [-0.2, -0.15) is 0 Å². The van der Waals surface area contributed by atoms with E-state index in [-0.39, 0.29) is 11.1 Å². The van der Waals surface area contributed by atoms with E-state index in [0.717, 1.165) is 24.3 Å². The first-order chi connectivity index (χ1) is 9.76. The Hall–Kier alpha value is -2.64. The molecule has 2 aromatic rings. The SMILES string of the molecule is O=[N+]([O-])c1cc(F)ccc1-c1cccc(OC(F)(F)F)c1. The molecule has 0 aliphatic rings. The summed E-state index contributed by atoms with van der Waals surface area (Å²) in [6.45, 7) is 0. The second-order valence-electron chi connectivity index (χ2n) is 3.99. The second kappa shape index (κ2) is 5.39. The van der Waals surface area contributed by atoms with E-state index >= 15 is 0 Å². The fourth-order valence-corrected chi connectivity index (χ4v) is 1.76. The third-order valence-corrected chi connectivity index (χ3v) is 2.54. The van der Waals surface area contributed by atoms with E-state index in [1.807, 2.05) is 0 Å². The average Bonchev–Trinajstić information content (AvgIpc) is 2.36. The fraction of sp³-hybridized carbons (Fsp3) is 0.0769. The molecule has 4 nitrogen and oxygen atoms in total. The van der Waals surface area contributed by atoms with Crippen LogP contribution in [0.5, 0.6) is 5.75 Å². The highest BCUT2D eigenvalue weighted by Crippen LogP contribution is 2.33. The first-order valence-electron chi connectivity index (χ1n) is 5.56. The summed E-state index contributed by atoms with van der Waals surface area (Å²) in [5.41, 5.74) is -0.434. The number of hydrogen-bond acceptors (Lipinski definition) is 3. The number of nitrogens with zero attached hydrogens (tertiary/aromatic N) is 1. The van der Waals surface area contributed by atoms with Crippen LogP contribution in [0, 0.1) is 15.9 Å². The molecule has 0 saturated heterocycles. The van der Waals surface area contributed by atoms with E-state index in [0.29, 0.717) is 6.07 Å². The van der Waals surface area contributed by atoms with Crippen LogP contribution in [0.15, 0.2) is 42.5 Å². The van der Waals surface area contributed by atoms with E-state index in [4.69, 9.17) is 0 Å². The van der Waals surface area contributed by atoms with Crippen molar-refractivity contribution in [2.45, 2.75) is 6.36 Å². The number of nitro groups is 1. The molecule has 0 aliphatic heterocycles.